The van der Waals surface area contributed by atoms with E-state index in [0.717, 1.165) is 12.2 Å². The largest absolute Gasteiger partial charge is 0.488 e. The molecule has 1 nitrogen and oxygen atoms in total. The van der Waals surface area contributed by atoms with Gasteiger partial charge in [-0.15, -0.1) is 0 Å². The first-order chi connectivity index (χ1) is 9.16. The predicted octanol–water partition coefficient (Wildman–Crippen LogP) is 5.61. The molecule has 1 heteroatoms. The molecule has 108 valence electrons. The second-order valence-electron chi connectivity index (χ2n) is 7.72. The van der Waals surface area contributed by atoms with Crippen molar-refractivity contribution in [1.82, 2.24) is 0 Å². The van der Waals surface area contributed by atoms with Gasteiger partial charge >= 0.3 is 0 Å². The summed E-state index contributed by atoms with van der Waals surface area (Å²) in [5, 5.41) is 2.52. The lowest BCUT2D eigenvalue weighted by molar-refractivity contribution is 0.133. The summed E-state index contributed by atoms with van der Waals surface area (Å²) < 4.78 is 6.10. The van der Waals surface area contributed by atoms with Gasteiger partial charge in [0, 0.05) is 5.39 Å². The maximum Gasteiger partial charge on any atom is 0.127 e. The highest BCUT2D eigenvalue weighted by molar-refractivity contribution is 5.91. The summed E-state index contributed by atoms with van der Waals surface area (Å²) in [4.78, 5) is 0. The third-order valence-corrected chi connectivity index (χ3v) is 3.11. The molecule has 0 N–H and O–H groups in total. The van der Waals surface area contributed by atoms with Crippen LogP contribution in [0.5, 0.6) is 5.75 Å². The van der Waals surface area contributed by atoms with Gasteiger partial charge < -0.3 is 4.74 Å². The Hall–Kier alpha value is -1.50. The molecule has 0 saturated heterocycles. The van der Waals surface area contributed by atoms with Gasteiger partial charge in [0.05, 0.1) is 0 Å². The van der Waals surface area contributed by atoms with E-state index < -0.39 is 0 Å². The van der Waals surface area contributed by atoms with Crippen molar-refractivity contribution >= 4 is 10.8 Å². The Kier molecular flexibility index (Phi) is 3.82. The van der Waals surface area contributed by atoms with Crippen LogP contribution in [0.4, 0.5) is 0 Å². The van der Waals surface area contributed by atoms with Crippen LogP contribution in [0.2, 0.25) is 0 Å². The Bertz CT molecular complexity index is 542. The molecule has 0 unspecified atom stereocenters. The monoisotopic (exact) mass is 270 g/mol. The van der Waals surface area contributed by atoms with Gasteiger partial charge in [0.1, 0.15) is 11.4 Å². The van der Waals surface area contributed by atoms with Crippen molar-refractivity contribution in [1.29, 1.82) is 0 Å². The van der Waals surface area contributed by atoms with Gasteiger partial charge in [-0.25, -0.2) is 0 Å². The molecule has 2 rings (SSSR count). The minimum atomic E-state index is -0.172. The molecule has 0 atom stereocenters. The van der Waals surface area contributed by atoms with Crippen LogP contribution in [-0.2, 0) is 6.42 Å². The van der Waals surface area contributed by atoms with Crippen molar-refractivity contribution in [2.45, 2.75) is 53.6 Å². The van der Waals surface area contributed by atoms with Gasteiger partial charge in [-0.1, -0.05) is 51.1 Å². The summed E-state index contributed by atoms with van der Waals surface area (Å²) in [6.07, 6.45) is 1.07. The topological polar surface area (TPSA) is 9.23 Å². The lowest BCUT2D eigenvalue weighted by atomic mass is 9.86. The zero-order valence-electron chi connectivity index (χ0n) is 13.6. The average molecular weight is 270 g/mol. The Labute approximate surface area is 123 Å². The van der Waals surface area contributed by atoms with Crippen molar-refractivity contribution in [3.63, 3.8) is 0 Å². The van der Waals surface area contributed by atoms with Crippen molar-refractivity contribution in [2.75, 3.05) is 0 Å². The number of benzene rings is 2. The molecule has 0 aliphatic carbocycles. The van der Waals surface area contributed by atoms with Crippen LogP contribution in [0.25, 0.3) is 10.8 Å². The summed E-state index contributed by atoms with van der Waals surface area (Å²) in [5.41, 5.74) is 1.51. The Balaban J connectivity index is 2.52. The van der Waals surface area contributed by atoms with Crippen LogP contribution in [-0.4, -0.2) is 5.60 Å². The normalized spacial score (nSPS) is 12.7. The first kappa shape index (κ1) is 14.9. The molecule has 2 aromatic rings. The van der Waals surface area contributed by atoms with E-state index in [2.05, 4.69) is 77.9 Å². The molecule has 2 aromatic carbocycles. The smallest absolute Gasteiger partial charge is 0.127 e. The SMILES string of the molecule is CC(C)(C)Cc1cccc2c(OC(C)(C)C)cccc12. The summed E-state index contributed by atoms with van der Waals surface area (Å²) in [7, 11) is 0. The highest BCUT2D eigenvalue weighted by atomic mass is 16.5. The van der Waals surface area contributed by atoms with E-state index in [1.807, 2.05) is 0 Å². The summed E-state index contributed by atoms with van der Waals surface area (Å²) in [6.45, 7) is 13.1. The van der Waals surface area contributed by atoms with Gasteiger partial charge in [0.15, 0.2) is 0 Å². The van der Waals surface area contributed by atoms with E-state index >= 15 is 0 Å². The van der Waals surface area contributed by atoms with Crippen LogP contribution < -0.4 is 4.74 Å². The lowest BCUT2D eigenvalue weighted by Gasteiger charge is -2.24. The lowest BCUT2D eigenvalue weighted by Crippen LogP contribution is -2.23. The van der Waals surface area contributed by atoms with Crippen LogP contribution in [0.1, 0.15) is 47.1 Å². The first-order valence-corrected chi connectivity index (χ1v) is 7.35. The van der Waals surface area contributed by atoms with Gasteiger partial charge in [-0.05, 0) is 49.6 Å². The second-order valence-corrected chi connectivity index (χ2v) is 7.72. The molecule has 0 spiro atoms. The van der Waals surface area contributed by atoms with E-state index in [1.54, 1.807) is 0 Å². The van der Waals surface area contributed by atoms with E-state index in [4.69, 9.17) is 4.74 Å². The zero-order valence-corrected chi connectivity index (χ0v) is 13.6. The van der Waals surface area contributed by atoms with Crippen LogP contribution in [0.3, 0.4) is 0 Å². The number of rotatable bonds is 2. The maximum atomic E-state index is 6.10. The van der Waals surface area contributed by atoms with E-state index in [9.17, 15) is 0 Å². The van der Waals surface area contributed by atoms with Crippen LogP contribution >= 0.6 is 0 Å². The second kappa shape index (κ2) is 5.12. The predicted molar refractivity (Wildman–Crippen MR) is 87.5 cm³/mol. The Morgan fingerprint density at radius 3 is 2.00 bits per heavy atom. The zero-order chi connectivity index (χ0) is 15.0. The number of hydrogen-bond donors (Lipinski definition) is 0. The van der Waals surface area contributed by atoms with Crippen molar-refractivity contribution in [3.05, 3.63) is 42.0 Å². The minimum absolute atomic E-state index is 0.172. The standard InChI is InChI=1S/C19H26O/c1-18(2,3)13-14-9-7-11-16-15(14)10-8-12-17(16)20-19(4,5)6/h7-12H,13H2,1-6H3. The quantitative estimate of drug-likeness (QED) is 0.689. The molecule has 0 fully saturated rings. The molecular weight excluding hydrogens is 244 g/mol. The Morgan fingerprint density at radius 1 is 0.800 bits per heavy atom. The summed E-state index contributed by atoms with van der Waals surface area (Å²) in [5.74, 6) is 0.978. The molecular formula is C19H26O. The third-order valence-electron chi connectivity index (χ3n) is 3.11. The number of hydrogen-bond acceptors (Lipinski definition) is 1. The highest BCUT2D eigenvalue weighted by Crippen LogP contribution is 2.33. The molecule has 0 aromatic heterocycles. The van der Waals surface area contributed by atoms with Crippen LogP contribution in [0.15, 0.2) is 36.4 Å². The number of fused-ring (bicyclic) bond motifs is 1. The van der Waals surface area contributed by atoms with Crippen molar-refractivity contribution in [3.8, 4) is 5.75 Å². The van der Waals surface area contributed by atoms with Gasteiger partial charge in [0.2, 0.25) is 0 Å². The fraction of sp³-hybridized carbons (Fsp3) is 0.474. The van der Waals surface area contributed by atoms with Gasteiger partial charge in [-0.3, -0.25) is 0 Å². The van der Waals surface area contributed by atoms with Crippen molar-refractivity contribution in [2.24, 2.45) is 5.41 Å². The molecule has 0 saturated carbocycles. The van der Waals surface area contributed by atoms with Crippen molar-refractivity contribution < 1.29 is 4.74 Å². The van der Waals surface area contributed by atoms with Gasteiger partial charge in [0.25, 0.3) is 0 Å². The molecule has 0 aliphatic heterocycles. The Morgan fingerprint density at radius 2 is 1.40 bits per heavy atom. The van der Waals surface area contributed by atoms with Gasteiger partial charge in [-0.2, -0.15) is 0 Å². The first-order valence-electron chi connectivity index (χ1n) is 7.35. The van der Waals surface area contributed by atoms with Crippen LogP contribution in [0, 0.1) is 5.41 Å². The number of ether oxygens (including phenoxy) is 1. The molecule has 20 heavy (non-hydrogen) atoms. The maximum absolute atomic E-state index is 6.10. The molecule has 0 aliphatic rings. The molecule has 0 heterocycles. The van der Waals surface area contributed by atoms with E-state index in [-0.39, 0.29) is 11.0 Å². The molecule has 0 amide bonds. The third kappa shape index (κ3) is 3.75. The molecule has 0 bridgehead atoms. The van der Waals surface area contributed by atoms with E-state index in [0.29, 0.717) is 0 Å². The minimum Gasteiger partial charge on any atom is -0.488 e. The summed E-state index contributed by atoms with van der Waals surface area (Å²) in [6, 6.07) is 12.9. The summed E-state index contributed by atoms with van der Waals surface area (Å²) >= 11 is 0. The highest BCUT2D eigenvalue weighted by Gasteiger charge is 2.16. The average Bonchev–Trinajstić information content (AvgIpc) is 2.26. The fourth-order valence-electron chi connectivity index (χ4n) is 2.49. The van der Waals surface area contributed by atoms with E-state index in [1.165, 1.54) is 16.3 Å². The fourth-order valence-corrected chi connectivity index (χ4v) is 2.49. The molecule has 0 radical (unpaired) electrons.